The number of hydrazine groups is 1. The van der Waals surface area contributed by atoms with Crippen LogP contribution < -0.4 is 11.3 Å². The third-order valence-corrected chi connectivity index (χ3v) is 4.58. The summed E-state index contributed by atoms with van der Waals surface area (Å²) in [7, 11) is -3.50. The lowest BCUT2D eigenvalue weighted by Crippen LogP contribution is -2.37. The van der Waals surface area contributed by atoms with Gasteiger partial charge in [-0.3, -0.25) is 0 Å². The van der Waals surface area contributed by atoms with Crippen LogP contribution in [0.2, 0.25) is 0 Å². The Morgan fingerprint density at radius 2 is 2.17 bits per heavy atom. The van der Waals surface area contributed by atoms with Crippen molar-refractivity contribution in [2.24, 2.45) is 5.84 Å². The molecule has 1 heterocycles. The van der Waals surface area contributed by atoms with E-state index in [2.05, 4.69) is 10.4 Å². The van der Waals surface area contributed by atoms with E-state index in [1.54, 1.807) is 0 Å². The summed E-state index contributed by atoms with van der Waals surface area (Å²) in [5.74, 6) is 5.57. The van der Waals surface area contributed by atoms with Crippen LogP contribution in [0.4, 0.5) is 5.82 Å². The maximum Gasteiger partial charge on any atom is 0.243 e. The SMILES string of the molecule is CCCN(C(C)C)S(=O)(=O)c1ccnc(NN)c1. The van der Waals surface area contributed by atoms with Crippen LogP contribution in [0.1, 0.15) is 27.2 Å². The third-order valence-electron chi connectivity index (χ3n) is 2.51. The Bertz CT molecular complexity index is 488. The lowest BCUT2D eigenvalue weighted by atomic mass is 10.4. The van der Waals surface area contributed by atoms with Crippen LogP contribution in [-0.4, -0.2) is 30.3 Å². The highest BCUT2D eigenvalue weighted by atomic mass is 32.2. The zero-order chi connectivity index (χ0) is 13.8. The molecule has 1 aromatic heterocycles. The lowest BCUT2D eigenvalue weighted by Gasteiger charge is -2.25. The van der Waals surface area contributed by atoms with E-state index in [1.807, 2.05) is 20.8 Å². The van der Waals surface area contributed by atoms with Gasteiger partial charge in [0.2, 0.25) is 10.0 Å². The molecule has 0 aliphatic rings. The van der Waals surface area contributed by atoms with Crippen molar-refractivity contribution >= 4 is 15.8 Å². The zero-order valence-electron chi connectivity index (χ0n) is 10.9. The number of sulfonamides is 1. The minimum absolute atomic E-state index is 0.0857. The Morgan fingerprint density at radius 1 is 1.50 bits per heavy atom. The molecule has 102 valence electrons. The Morgan fingerprint density at radius 3 is 2.67 bits per heavy atom. The van der Waals surface area contributed by atoms with Gasteiger partial charge in [-0.1, -0.05) is 6.92 Å². The number of pyridine rings is 1. The van der Waals surface area contributed by atoms with Gasteiger partial charge in [-0.15, -0.1) is 0 Å². The molecule has 0 radical (unpaired) electrons. The first-order valence-electron chi connectivity index (χ1n) is 5.88. The second-order valence-electron chi connectivity index (χ2n) is 4.23. The molecule has 0 spiro atoms. The van der Waals surface area contributed by atoms with Gasteiger partial charge in [0.25, 0.3) is 0 Å². The third kappa shape index (κ3) is 3.18. The zero-order valence-corrected chi connectivity index (χ0v) is 11.7. The van der Waals surface area contributed by atoms with Crippen molar-refractivity contribution < 1.29 is 8.42 Å². The standard InChI is InChI=1S/C11H20N4O2S/c1-4-7-15(9(2)3)18(16,17)10-5-6-13-11(8-10)14-12/h5-6,8-9H,4,7,12H2,1-3H3,(H,13,14). The Balaban J connectivity index is 3.17. The van der Waals surface area contributed by atoms with Crippen LogP contribution in [0.3, 0.4) is 0 Å². The molecule has 3 N–H and O–H groups in total. The molecule has 0 aromatic carbocycles. The van der Waals surface area contributed by atoms with Crippen molar-refractivity contribution in [3.63, 3.8) is 0 Å². The summed E-state index contributed by atoms with van der Waals surface area (Å²) in [6.45, 7) is 6.16. The largest absolute Gasteiger partial charge is 0.308 e. The first kappa shape index (κ1) is 14.9. The average Bonchev–Trinajstić information content (AvgIpc) is 2.35. The van der Waals surface area contributed by atoms with Crippen molar-refractivity contribution in [3.8, 4) is 0 Å². The predicted molar refractivity (Wildman–Crippen MR) is 71.4 cm³/mol. The molecule has 1 aromatic rings. The van der Waals surface area contributed by atoms with E-state index in [1.165, 1.54) is 22.6 Å². The van der Waals surface area contributed by atoms with Crippen molar-refractivity contribution in [2.45, 2.75) is 38.1 Å². The van der Waals surface area contributed by atoms with E-state index >= 15 is 0 Å². The van der Waals surface area contributed by atoms with Gasteiger partial charge >= 0.3 is 0 Å². The van der Waals surface area contributed by atoms with Crippen molar-refractivity contribution in [2.75, 3.05) is 12.0 Å². The molecule has 0 bridgehead atoms. The lowest BCUT2D eigenvalue weighted by molar-refractivity contribution is 0.354. The maximum absolute atomic E-state index is 12.5. The molecular weight excluding hydrogens is 252 g/mol. The van der Waals surface area contributed by atoms with E-state index in [0.717, 1.165) is 6.42 Å². The van der Waals surface area contributed by atoms with Gasteiger partial charge in [0.15, 0.2) is 0 Å². The second-order valence-corrected chi connectivity index (χ2v) is 6.12. The molecule has 0 saturated heterocycles. The molecule has 1 rings (SSSR count). The summed E-state index contributed by atoms with van der Waals surface area (Å²) in [5, 5.41) is 0. The Labute approximate surface area is 108 Å². The van der Waals surface area contributed by atoms with Gasteiger partial charge in [-0.05, 0) is 26.3 Å². The highest BCUT2D eigenvalue weighted by molar-refractivity contribution is 7.89. The Kier molecular flexibility index (Phi) is 5.06. The number of hydrogen-bond donors (Lipinski definition) is 2. The van der Waals surface area contributed by atoms with Crippen molar-refractivity contribution in [1.82, 2.24) is 9.29 Å². The second kappa shape index (κ2) is 6.12. The molecule has 0 aliphatic carbocycles. The van der Waals surface area contributed by atoms with Gasteiger partial charge in [0.1, 0.15) is 5.82 Å². The summed E-state index contributed by atoms with van der Waals surface area (Å²) in [6, 6.07) is 2.82. The van der Waals surface area contributed by atoms with Crippen LogP contribution in [-0.2, 0) is 10.0 Å². The van der Waals surface area contributed by atoms with E-state index in [-0.39, 0.29) is 10.9 Å². The van der Waals surface area contributed by atoms with Crippen LogP contribution in [0, 0.1) is 0 Å². The van der Waals surface area contributed by atoms with Crippen LogP contribution in [0.5, 0.6) is 0 Å². The first-order valence-corrected chi connectivity index (χ1v) is 7.32. The Hall–Kier alpha value is -1.18. The fourth-order valence-corrected chi connectivity index (χ4v) is 3.40. The number of nitrogens with two attached hydrogens (primary N) is 1. The predicted octanol–water partition coefficient (Wildman–Crippen LogP) is 1.18. The summed E-state index contributed by atoms with van der Waals surface area (Å²) in [6.07, 6.45) is 2.19. The van der Waals surface area contributed by atoms with Gasteiger partial charge in [0.05, 0.1) is 4.90 Å². The molecule has 0 atom stereocenters. The molecule has 0 aliphatic heterocycles. The van der Waals surface area contributed by atoms with Gasteiger partial charge in [-0.2, -0.15) is 4.31 Å². The summed E-state index contributed by atoms with van der Waals surface area (Å²) in [4.78, 5) is 4.10. The molecule has 0 saturated carbocycles. The van der Waals surface area contributed by atoms with Gasteiger partial charge < -0.3 is 5.43 Å². The van der Waals surface area contributed by atoms with Crippen LogP contribution in [0.15, 0.2) is 23.2 Å². The molecule has 0 fully saturated rings. The number of nitrogen functional groups attached to an aromatic ring is 1. The molecule has 18 heavy (non-hydrogen) atoms. The maximum atomic E-state index is 12.5. The fourth-order valence-electron chi connectivity index (χ4n) is 1.66. The quantitative estimate of drug-likeness (QED) is 0.599. The van der Waals surface area contributed by atoms with E-state index in [4.69, 9.17) is 5.84 Å². The molecule has 0 unspecified atom stereocenters. The highest BCUT2D eigenvalue weighted by Crippen LogP contribution is 2.19. The van der Waals surface area contributed by atoms with E-state index in [9.17, 15) is 8.42 Å². The molecule has 7 heteroatoms. The van der Waals surface area contributed by atoms with Crippen LogP contribution >= 0.6 is 0 Å². The van der Waals surface area contributed by atoms with Gasteiger partial charge in [0, 0.05) is 24.8 Å². The number of aromatic nitrogens is 1. The van der Waals surface area contributed by atoms with E-state index in [0.29, 0.717) is 12.4 Å². The van der Waals surface area contributed by atoms with Crippen LogP contribution in [0.25, 0.3) is 0 Å². The number of nitrogens with one attached hydrogen (secondary N) is 1. The van der Waals surface area contributed by atoms with Crippen molar-refractivity contribution in [1.29, 1.82) is 0 Å². The molecule has 6 nitrogen and oxygen atoms in total. The number of rotatable bonds is 6. The minimum atomic E-state index is -3.50. The minimum Gasteiger partial charge on any atom is -0.308 e. The fraction of sp³-hybridized carbons (Fsp3) is 0.545. The topological polar surface area (TPSA) is 88.3 Å². The monoisotopic (exact) mass is 272 g/mol. The van der Waals surface area contributed by atoms with Crippen molar-refractivity contribution in [3.05, 3.63) is 18.3 Å². The van der Waals surface area contributed by atoms with E-state index < -0.39 is 10.0 Å². The molecular formula is C11H20N4O2S. The van der Waals surface area contributed by atoms with Gasteiger partial charge in [-0.25, -0.2) is 19.2 Å². The number of anilines is 1. The first-order chi connectivity index (χ1) is 8.43. The summed E-state index contributed by atoms with van der Waals surface area (Å²) < 4.78 is 26.4. The number of hydrogen-bond acceptors (Lipinski definition) is 5. The average molecular weight is 272 g/mol. The smallest absolute Gasteiger partial charge is 0.243 e. The summed E-state index contributed by atoms with van der Waals surface area (Å²) >= 11 is 0. The molecule has 0 amide bonds. The highest BCUT2D eigenvalue weighted by Gasteiger charge is 2.26. The normalized spacial score (nSPS) is 12.1. The summed E-state index contributed by atoms with van der Waals surface area (Å²) in [5.41, 5.74) is 2.35. The number of nitrogens with zero attached hydrogens (tertiary/aromatic N) is 2.